The Hall–Kier alpha value is -3.44. The van der Waals surface area contributed by atoms with Crippen LogP contribution in [-0.2, 0) is 6.18 Å². The minimum atomic E-state index is -4.64. The SMILES string of the molecule is Cc1cc(N2CCC(COc3ccc4nnc(C(F)(F)F)n4n3)C2)n2nccc2n1. The van der Waals surface area contributed by atoms with Crippen LogP contribution in [0.15, 0.2) is 30.5 Å². The number of hydrogen-bond acceptors (Lipinski definition) is 7. The third-order valence-electron chi connectivity index (χ3n) is 5.04. The molecule has 156 valence electrons. The summed E-state index contributed by atoms with van der Waals surface area (Å²) in [6, 6.07) is 6.74. The summed E-state index contributed by atoms with van der Waals surface area (Å²) in [5.74, 6) is 0.0835. The van der Waals surface area contributed by atoms with Crippen LogP contribution < -0.4 is 9.64 Å². The zero-order valence-corrected chi connectivity index (χ0v) is 15.9. The Kier molecular flexibility index (Phi) is 4.22. The van der Waals surface area contributed by atoms with Gasteiger partial charge in [0.25, 0.3) is 5.82 Å². The van der Waals surface area contributed by atoms with Crippen molar-refractivity contribution in [3.05, 3.63) is 42.0 Å². The van der Waals surface area contributed by atoms with E-state index in [9.17, 15) is 13.2 Å². The molecule has 0 bridgehead atoms. The molecule has 0 N–H and O–H groups in total. The van der Waals surface area contributed by atoms with Crippen LogP contribution in [-0.4, -0.2) is 54.1 Å². The average Bonchev–Trinajstić information content (AvgIpc) is 3.43. The van der Waals surface area contributed by atoms with Crippen molar-refractivity contribution in [2.75, 3.05) is 24.6 Å². The van der Waals surface area contributed by atoms with Crippen LogP contribution >= 0.6 is 0 Å². The zero-order chi connectivity index (χ0) is 20.9. The molecule has 4 aromatic heterocycles. The van der Waals surface area contributed by atoms with E-state index in [1.807, 2.05) is 19.1 Å². The zero-order valence-electron chi connectivity index (χ0n) is 15.9. The van der Waals surface area contributed by atoms with Crippen molar-refractivity contribution < 1.29 is 17.9 Å². The Morgan fingerprint density at radius 1 is 1.13 bits per heavy atom. The number of nitrogens with zero attached hydrogens (tertiary/aromatic N) is 8. The fraction of sp³-hybridized carbons (Fsp3) is 0.389. The highest BCUT2D eigenvalue weighted by molar-refractivity contribution is 5.51. The van der Waals surface area contributed by atoms with Gasteiger partial charge in [-0.1, -0.05) is 0 Å². The lowest BCUT2D eigenvalue weighted by Gasteiger charge is -2.20. The molecule has 5 heterocycles. The lowest BCUT2D eigenvalue weighted by molar-refractivity contribution is -0.146. The lowest BCUT2D eigenvalue weighted by atomic mass is 10.1. The van der Waals surface area contributed by atoms with Crippen LogP contribution in [0.2, 0.25) is 0 Å². The molecular weight excluding hydrogens is 401 g/mol. The topological polar surface area (TPSA) is 85.7 Å². The van der Waals surface area contributed by atoms with Gasteiger partial charge in [0, 0.05) is 42.9 Å². The van der Waals surface area contributed by atoms with Gasteiger partial charge in [-0.2, -0.15) is 27.3 Å². The highest BCUT2D eigenvalue weighted by atomic mass is 19.4. The van der Waals surface area contributed by atoms with Crippen LogP contribution in [0.1, 0.15) is 17.9 Å². The molecule has 1 fully saturated rings. The van der Waals surface area contributed by atoms with Gasteiger partial charge in [-0.15, -0.1) is 15.3 Å². The number of fused-ring (bicyclic) bond motifs is 2. The normalized spacial score (nSPS) is 17.3. The smallest absolute Gasteiger partial charge is 0.453 e. The van der Waals surface area contributed by atoms with Crippen LogP contribution in [0.3, 0.4) is 0 Å². The van der Waals surface area contributed by atoms with Crippen LogP contribution in [0.4, 0.5) is 19.0 Å². The summed E-state index contributed by atoms with van der Waals surface area (Å²) in [4.78, 5) is 6.66. The number of alkyl halides is 3. The summed E-state index contributed by atoms with van der Waals surface area (Å²) in [5, 5.41) is 14.9. The fourth-order valence-electron chi connectivity index (χ4n) is 3.65. The van der Waals surface area contributed by atoms with E-state index in [4.69, 9.17) is 4.74 Å². The minimum Gasteiger partial charge on any atom is -0.476 e. The molecule has 0 amide bonds. The first-order chi connectivity index (χ1) is 14.4. The molecule has 0 aliphatic carbocycles. The van der Waals surface area contributed by atoms with Gasteiger partial charge < -0.3 is 9.64 Å². The lowest BCUT2D eigenvalue weighted by Crippen LogP contribution is -2.24. The van der Waals surface area contributed by atoms with Gasteiger partial charge in [0.05, 0.1) is 12.8 Å². The van der Waals surface area contributed by atoms with Crippen molar-refractivity contribution in [3.8, 4) is 5.88 Å². The Morgan fingerprint density at radius 3 is 2.83 bits per heavy atom. The Balaban J connectivity index is 1.29. The maximum atomic E-state index is 13.0. The number of aromatic nitrogens is 7. The molecule has 0 radical (unpaired) electrons. The Morgan fingerprint density at radius 2 is 2.00 bits per heavy atom. The predicted molar refractivity (Wildman–Crippen MR) is 99.3 cm³/mol. The second-order valence-corrected chi connectivity index (χ2v) is 7.23. The maximum absolute atomic E-state index is 13.0. The fourth-order valence-corrected chi connectivity index (χ4v) is 3.65. The van der Waals surface area contributed by atoms with E-state index in [1.54, 1.807) is 10.7 Å². The van der Waals surface area contributed by atoms with Crippen molar-refractivity contribution in [3.63, 3.8) is 0 Å². The number of rotatable bonds is 4. The molecule has 4 aromatic rings. The predicted octanol–water partition coefficient (Wildman–Crippen LogP) is 2.40. The second kappa shape index (κ2) is 6.82. The molecule has 1 aliphatic heterocycles. The monoisotopic (exact) mass is 418 g/mol. The van der Waals surface area contributed by atoms with Gasteiger partial charge in [-0.3, -0.25) is 0 Å². The largest absolute Gasteiger partial charge is 0.476 e. The number of anilines is 1. The van der Waals surface area contributed by atoms with Crippen LogP contribution in [0.5, 0.6) is 5.88 Å². The van der Waals surface area contributed by atoms with Crippen molar-refractivity contribution in [2.24, 2.45) is 5.92 Å². The highest BCUT2D eigenvalue weighted by Crippen LogP contribution is 2.28. The van der Waals surface area contributed by atoms with E-state index in [0.717, 1.165) is 36.7 Å². The second-order valence-electron chi connectivity index (χ2n) is 7.23. The summed E-state index contributed by atoms with van der Waals surface area (Å²) in [7, 11) is 0. The van der Waals surface area contributed by atoms with E-state index in [2.05, 4.69) is 30.3 Å². The molecule has 0 aromatic carbocycles. The van der Waals surface area contributed by atoms with Crippen molar-refractivity contribution in [1.82, 2.24) is 34.4 Å². The van der Waals surface area contributed by atoms with Gasteiger partial charge >= 0.3 is 6.18 Å². The van der Waals surface area contributed by atoms with Gasteiger partial charge in [0.1, 0.15) is 5.82 Å². The molecule has 1 aliphatic rings. The van der Waals surface area contributed by atoms with Crippen LogP contribution in [0.25, 0.3) is 11.3 Å². The first kappa shape index (κ1) is 18.6. The summed E-state index contributed by atoms with van der Waals surface area (Å²) in [6.07, 6.45) is -2.05. The van der Waals surface area contributed by atoms with Gasteiger partial charge in [-0.25, -0.2) is 4.98 Å². The quantitative estimate of drug-likeness (QED) is 0.503. The molecule has 12 heteroatoms. The van der Waals surface area contributed by atoms with Gasteiger partial charge in [0.2, 0.25) is 5.88 Å². The van der Waals surface area contributed by atoms with Crippen LogP contribution in [0, 0.1) is 12.8 Å². The third-order valence-corrected chi connectivity index (χ3v) is 5.04. The Bertz CT molecular complexity index is 1220. The molecular formula is C18H17F3N8O. The Labute approximate surface area is 168 Å². The molecule has 9 nitrogen and oxygen atoms in total. The van der Waals surface area contributed by atoms with E-state index >= 15 is 0 Å². The minimum absolute atomic E-state index is 0.0120. The van der Waals surface area contributed by atoms with Crippen molar-refractivity contribution in [1.29, 1.82) is 0 Å². The first-order valence-corrected chi connectivity index (χ1v) is 9.37. The molecule has 1 saturated heterocycles. The van der Waals surface area contributed by atoms with Crippen molar-refractivity contribution in [2.45, 2.75) is 19.5 Å². The average molecular weight is 418 g/mol. The van der Waals surface area contributed by atoms with Gasteiger partial charge in [0.15, 0.2) is 11.3 Å². The molecule has 0 spiro atoms. The number of ether oxygens (including phenoxy) is 1. The first-order valence-electron chi connectivity index (χ1n) is 9.37. The molecule has 1 atom stereocenters. The van der Waals surface area contributed by atoms with E-state index in [0.29, 0.717) is 11.1 Å². The summed E-state index contributed by atoms with van der Waals surface area (Å²) in [6.45, 7) is 3.84. The molecule has 30 heavy (non-hydrogen) atoms. The number of hydrogen-bond donors (Lipinski definition) is 0. The van der Waals surface area contributed by atoms with E-state index in [1.165, 1.54) is 12.1 Å². The van der Waals surface area contributed by atoms with E-state index in [-0.39, 0.29) is 17.4 Å². The third kappa shape index (κ3) is 3.27. The number of halogens is 3. The van der Waals surface area contributed by atoms with E-state index < -0.39 is 12.0 Å². The molecule has 5 rings (SSSR count). The highest BCUT2D eigenvalue weighted by Gasteiger charge is 2.37. The van der Waals surface area contributed by atoms with Gasteiger partial charge in [-0.05, 0) is 19.4 Å². The maximum Gasteiger partial charge on any atom is 0.453 e. The standard InChI is InChI=1S/C18H17F3N8O/c1-11-8-16(28-13(23-11)4-6-22-28)27-7-5-12(9-27)10-30-15-3-2-14-24-25-17(18(19,20)21)29(14)26-15/h2-4,6,8,12H,5,7,9-10H2,1H3. The van der Waals surface area contributed by atoms with Crippen molar-refractivity contribution >= 4 is 17.1 Å². The number of aryl methyl sites for hydroxylation is 1. The molecule has 1 unspecified atom stereocenters. The summed E-state index contributed by atoms with van der Waals surface area (Å²) in [5.41, 5.74) is 1.71. The summed E-state index contributed by atoms with van der Waals surface area (Å²) < 4.78 is 47.2. The summed E-state index contributed by atoms with van der Waals surface area (Å²) >= 11 is 0. The molecule has 0 saturated carbocycles.